The van der Waals surface area contributed by atoms with Crippen molar-refractivity contribution in [1.82, 2.24) is 4.90 Å². The van der Waals surface area contributed by atoms with Gasteiger partial charge in [0.25, 0.3) is 0 Å². The van der Waals surface area contributed by atoms with Crippen LogP contribution >= 0.6 is 0 Å². The Balaban J connectivity index is 2.07. The third-order valence-electron chi connectivity index (χ3n) is 3.79. The summed E-state index contributed by atoms with van der Waals surface area (Å²) in [6.45, 7) is 5.04. The highest BCUT2D eigenvalue weighted by atomic mass is 16.2. The van der Waals surface area contributed by atoms with Crippen LogP contribution in [0.25, 0.3) is 0 Å². The lowest BCUT2D eigenvalue weighted by molar-refractivity contribution is -0.121. The van der Waals surface area contributed by atoms with Crippen LogP contribution in [0, 0.1) is 11.3 Å². The van der Waals surface area contributed by atoms with Gasteiger partial charge in [0.1, 0.15) is 6.07 Å². The average molecular weight is 257 g/mol. The number of likely N-dealkylation sites (tertiary alicyclic amines) is 1. The minimum Gasteiger partial charge on any atom is -0.324 e. The van der Waals surface area contributed by atoms with E-state index in [4.69, 9.17) is 5.26 Å². The Hall–Kier alpha value is -1.86. The van der Waals surface area contributed by atoms with E-state index in [0.717, 1.165) is 19.4 Å². The topological polar surface area (TPSA) is 56.1 Å². The van der Waals surface area contributed by atoms with Crippen LogP contribution in [0.15, 0.2) is 24.3 Å². The molecule has 100 valence electrons. The van der Waals surface area contributed by atoms with Gasteiger partial charge in [0.05, 0.1) is 17.3 Å². The SMILES string of the molecule is CC1CCCN1C(C)C(=O)Nc1ccccc1C#N. The number of rotatable bonds is 3. The highest BCUT2D eigenvalue weighted by Gasteiger charge is 2.29. The maximum absolute atomic E-state index is 12.3. The van der Waals surface area contributed by atoms with Gasteiger partial charge in [0.15, 0.2) is 0 Å². The average Bonchev–Trinajstić information content (AvgIpc) is 2.84. The standard InChI is InChI=1S/C15H19N3O/c1-11-6-5-9-18(11)12(2)15(19)17-14-8-4-3-7-13(14)10-16/h3-4,7-8,11-12H,5-6,9H2,1-2H3,(H,17,19). The molecule has 1 aliphatic rings. The van der Waals surface area contributed by atoms with Crippen LogP contribution in [0.4, 0.5) is 5.69 Å². The van der Waals surface area contributed by atoms with E-state index in [-0.39, 0.29) is 11.9 Å². The molecule has 1 N–H and O–H groups in total. The molecule has 0 radical (unpaired) electrons. The number of para-hydroxylation sites is 1. The van der Waals surface area contributed by atoms with Crippen molar-refractivity contribution in [1.29, 1.82) is 5.26 Å². The minimum atomic E-state index is -0.163. The lowest BCUT2D eigenvalue weighted by atomic mass is 10.1. The predicted molar refractivity (Wildman–Crippen MR) is 74.7 cm³/mol. The number of benzene rings is 1. The number of carbonyl (C=O) groups excluding carboxylic acids is 1. The van der Waals surface area contributed by atoms with Gasteiger partial charge in [-0.25, -0.2) is 0 Å². The summed E-state index contributed by atoms with van der Waals surface area (Å²) in [6.07, 6.45) is 2.29. The zero-order valence-electron chi connectivity index (χ0n) is 11.4. The van der Waals surface area contributed by atoms with E-state index in [2.05, 4.69) is 23.2 Å². The van der Waals surface area contributed by atoms with Gasteiger partial charge in [-0.05, 0) is 45.4 Å². The Morgan fingerprint density at radius 3 is 2.89 bits per heavy atom. The number of amides is 1. The van der Waals surface area contributed by atoms with Crippen molar-refractivity contribution >= 4 is 11.6 Å². The smallest absolute Gasteiger partial charge is 0.241 e. The minimum absolute atomic E-state index is 0.0450. The van der Waals surface area contributed by atoms with E-state index in [1.807, 2.05) is 13.0 Å². The van der Waals surface area contributed by atoms with Gasteiger partial charge in [-0.3, -0.25) is 9.69 Å². The van der Waals surface area contributed by atoms with E-state index in [1.165, 1.54) is 0 Å². The number of nitrogens with one attached hydrogen (secondary N) is 1. The van der Waals surface area contributed by atoms with E-state index >= 15 is 0 Å². The summed E-state index contributed by atoms with van der Waals surface area (Å²) >= 11 is 0. The number of nitriles is 1. The molecule has 1 fully saturated rings. The molecule has 1 saturated heterocycles. The molecule has 0 bridgehead atoms. The number of hydrogen-bond acceptors (Lipinski definition) is 3. The molecule has 2 rings (SSSR count). The molecular formula is C15H19N3O. The first kappa shape index (κ1) is 13.6. The van der Waals surface area contributed by atoms with Crippen molar-refractivity contribution in [3.8, 4) is 6.07 Å². The highest BCUT2D eigenvalue weighted by Crippen LogP contribution is 2.21. The van der Waals surface area contributed by atoms with Crippen LogP contribution in [-0.4, -0.2) is 29.4 Å². The summed E-state index contributed by atoms with van der Waals surface area (Å²) in [4.78, 5) is 14.5. The Morgan fingerprint density at radius 2 is 2.26 bits per heavy atom. The van der Waals surface area contributed by atoms with Gasteiger partial charge >= 0.3 is 0 Å². The molecule has 1 aromatic carbocycles. The molecule has 1 heterocycles. The maximum Gasteiger partial charge on any atom is 0.241 e. The zero-order valence-corrected chi connectivity index (χ0v) is 11.4. The summed E-state index contributed by atoms with van der Waals surface area (Å²) in [5.41, 5.74) is 1.09. The molecule has 4 heteroatoms. The van der Waals surface area contributed by atoms with Crippen LogP contribution in [0.3, 0.4) is 0 Å². The Bertz CT molecular complexity index is 506. The maximum atomic E-state index is 12.3. The molecule has 1 aromatic rings. The summed E-state index contributed by atoms with van der Waals surface area (Å²) in [6, 6.07) is 9.46. The molecule has 0 spiro atoms. The third kappa shape index (κ3) is 2.94. The summed E-state index contributed by atoms with van der Waals surface area (Å²) in [5.74, 6) is -0.0450. The van der Waals surface area contributed by atoms with Crippen molar-refractivity contribution in [2.45, 2.75) is 38.8 Å². The van der Waals surface area contributed by atoms with Crippen molar-refractivity contribution < 1.29 is 4.79 Å². The molecule has 4 nitrogen and oxygen atoms in total. The molecule has 1 amide bonds. The first-order valence-corrected chi connectivity index (χ1v) is 6.69. The third-order valence-corrected chi connectivity index (χ3v) is 3.79. The fourth-order valence-electron chi connectivity index (χ4n) is 2.61. The molecule has 19 heavy (non-hydrogen) atoms. The van der Waals surface area contributed by atoms with E-state index in [0.29, 0.717) is 17.3 Å². The monoisotopic (exact) mass is 257 g/mol. The van der Waals surface area contributed by atoms with E-state index in [1.54, 1.807) is 18.2 Å². The van der Waals surface area contributed by atoms with Crippen LogP contribution in [0.2, 0.25) is 0 Å². The fraction of sp³-hybridized carbons (Fsp3) is 0.467. The Kier molecular flexibility index (Phi) is 4.18. The number of nitrogens with zero attached hydrogens (tertiary/aromatic N) is 2. The van der Waals surface area contributed by atoms with Crippen molar-refractivity contribution in [2.75, 3.05) is 11.9 Å². The second-order valence-electron chi connectivity index (χ2n) is 5.05. The number of anilines is 1. The van der Waals surface area contributed by atoms with Crippen LogP contribution in [-0.2, 0) is 4.79 Å². The van der Waals surface area contributed by atoms with Crippen LogP contribution in [0.1, 0.15) is 32.3 Å². The van der Waals surface area contributed by atoms with Crippen molar-refractivity contribution in [3.63, 3.8) is 0 Å². The summed E-state index contributed by atoms with van der Waals surface area (Å²) in [5, 5.41) is 11.9. The van der Waals surface area contributed by atoms with Crippen LogP contribution < -0.4 is 5.32 Å². The molecule has 0 saturated carbocycles. The second-order valence-corrected chi connectivity index (χ2v) is 5.05. The van der Waals surface area contributed by atoms with Gasteiger partial charge in [-0.1, -0.05) is 12.1 Å². The molecular weight excluding hydrogens is 238 g/mol. The lowest BCUT2D eigenvalue weighted by Gasteiger charge is -2.27. The zero-order chi connectivity index (χ0) is 13.8. The Morgan fingerprint density at radius 1 is 1.53 bits per heavy atom. The Labute approximate surface area is 114 Å². The van der Waals surface area contributed by atoms with Gasteiger partial charge in [-0.15, -0.1) is 0 Å². The first-order chi connectivity index (χ1) is 9.13. The van der Waals surface area contributed by atoms with Crippen LogP contribution in [0.5, 0.6) is 0 Å². The molecule has 0 aromatic heterocycles. The van der Waals surface area contributed by atoms with Gasteiger partial charge in [0, 0.05) is 6.04 Å². The molecule has 1 aliphatic heterocycles. The predicted octanol–water partition coefficient (Wildman–Crippen LogP) is 2.37. The van der Waals surface area contributed by atoms with E-state index in [9.17, 15) is 4.79 Å². The van der Waals surface area contributed by atoms with Crippen molar-refractivity contribution in [3.05, 3.63) is 29.8 Å². The second kappa shape index (κ2) is 5.85. The molecule has 2 atom stereocenters. The summed E-state index contributed by atoms with van der Waals surface area (Å²) in [7, 11) is 0. The summed E-state index contributed by atoms with van der Waals surface area (Å²) < 4.78 is 0. The number of hydrogen-bond donors (Lipinski definition) is 1. The fourth-order valence-corrected chi connectivity index (χ4v) is 2.61. The normalized spacial score (nSPS) is 20.8. The molecule has 0 aliphatic carbocycles. The van der Waals surface area contributed by atoms with Gasteiger partial charge in [0.2, 0.25) is 5.91 Å². The lowest BCUT2D eigenvalue weighted by Crippen LogP contribution is -2.43. The van der Waals surface area contributed by atoms with Gasteiger partial charge < -0.3 is 5.32 Å². The molecule has 2 unspecified atom stereocenters. The van der Waals surface area contributed by atoms with Gasteiger partial charge in [-0.2, -0.15) is 5.26 Å². The highest BCUT2D eigenvalue weighted by molar-refractivity contribution is 5.95. The van der Waals surface area contributed by atoms with Crippen molar-refractivity contribution in [2.24, 2.45) is 0 Å². The first-order valence-electron chi connectivity index (χ1n) is 6.69. The quantitative estimate of drug-likeness (QED) is 0.904. The number of carbonyl (C=O) groups is 1. The van der Waals surface area contributed by atoms with E-state index < -0.39 is 0 Å². The largest absolute Gasteiger partial charge is 0.324 e.